The van der Waals surface area contributed by atoms with Crippen LogP contribution in [-0.2, 0) is 4.79 Å². The minimum absolute atomic E-state index is 0.133. The van der Waals surface area contributed by atoms with Crippen molar-refractivity contribution in [2.75, 3.05) is 13.2 Å². The molecule has 10 heteroatoms. The summed E-state index contributed by atoms with van der Waals surface area (Å²) >= 11 is 0. The van der Waals surface area contributed by atoms with Crippen molar-refractivity contribution in [3.63, 3.8) is 0 Å². The molecule has 4 rings (SSSR count). The molecule has 5 unspecified atom stereocenters. The minimum atomic E-state index is -0.183. The zero-order valence-electron chi connectivity index (χ0n) is 18.6. The van der Waals surface area contributed by atoms with E-state index in [1.165, 1.54) is 6.92 Å². The van der Waals surface area contributed by atoms with Crippen LogP contribution in [0.5, 0.6) is 11.5 Å². The van der Waals surface area contributed by atoms with Crippen LogP contribution in [0.2, 0.25) is 0 Å². The van der Waals surface area contributed by atoms with Crippen molar-refractivity contribution in [1.82, 2.24) is 4.98 Å². The SMILES string of the molecule is [B]=C(C(C)=O)[C@@H](C)COc1ccc2nc(-c3ccc(OCC4CC4(P)P)c(P)c3)oc2c1P. The molecule has 0 amide bonds. The molecule has 6 atom stereocenters. The van der Waals surface area contributed by atoms with Crippen LogP contribution in [0.15, 0.2) is 34.7 Å². The molecule has 0 spiro atoms. The molecule has 0 bridgehead atoms. The summed E-state index contributed by atoms with van der Waals surface area (Å²) in [7, 11) is 17.0. The molecule has 1 aliphatic carbocycles. The van der Waals surface area contributed by atoms with E-state index in [1.54, 1.807) is 0 Å². The molecule has 0 N–H and O–H groups in total. The van der Waals surface area contributed by atoms with Crippen LogP contribution in [0, 0.1) is 11.8 Å². The van der Waals surface area contributed by atoms with E-state index in [0.29, 0.717) is 41.8 Å². The Kier molecular flexibility index (Phi) is 7.43. The first-order valence-electron chi connectivity index (χ1n) is 10.6. The van der Waals surface area contributed by atoms with Crippen LogP contribution in [0.1, 0.15) is 20.3 Å². The predicted molar refractivity (Wildman–Crippen MR) is 150 cm³/mol. The Balaban J connectivity index is 1.50. The van der Waals surface area contributed by atoms with Gasteiger partial charge in [-0.15, -0.1) is 27.7 Å². The van der Waals surface area contributed by atoms with E-state index >= 15 is 0 Å². The third-order valence-electron chi connectivity index (χ3n) is 5.88. The van der Waals surface area contributed by atoms with Crippen LogP contribution in [0.3, 0.4) is 0 Å². The molecule has 1 fully saturated rings. The van der Waals surface area contributed by atoms with E-state index in [9.17, 15) is 4.79 Å². The topological polar surface area (TPSA) is 61.6 Å². The number of ketones is 1. The zero-order chi connectivity index (χ0) is 23.9. The summed E-state index contributed by atoms with van der Waals surface area (Å²) in [6, 6.07) is 9.61. The van der Waals surface area contributed by atoms with Crippen molar-refractivity contribution in [3.05, 3.63) is 30.3 Å². The molecule has 1 saturated carbocycles. The molecule has 0 aliphatic heterocycles. The Labute approximate surface area is 204 Å². The molecular formula is C23H27BNO4P4. The van der Waals surface area contributed by atoms with Crippen LogP contribution in [0.25, 0.3) is 22.6 Å². The fraction of sp³-hybridized carbons (Fsp3) is 0.348. The van der Waals surface area contributed by atoms with Crippen molar-refractivity contribution in [2.45, 2.75) is 25.2 Å². The molecule has 33 heavy (non-hydrogen) atoms. The van der Waals surface area contributed by atoms with Gasteiger partial charge >= 0.3 is 143 Å². The van der Waals surface area contributed by atoms with Gasteiger partial charge in [0.15, 0.2) is 0 Å². The standard InChI is InChI=1S/C23H27BNO4P4/c1-11(19(24)12(2)26)9-27-17-6-4-15-20(21(17)31)29-22(25-15)13-3-5-16(18(30)7-13)28-10-14-8-23(14,32)33/h3-7,11,14H,8-10,30-33H2,1-2H3/t11-,14?/m0/s1. The summed E-state index contributed by atoms with van der Waals surface area (Å²) in [6.45, 7) is 4.32. The van der Waals surface area contributed by atoms with Crippen molar-refractivity contribution < 1.29 is 18.7 Å². The van der Waals surface area contributed by atoms with Crippen LogP contribution in [-0.4, -0.2) is 41.8 Å². The van der Waals surface area contributed by atoms with E-state index in [1.807, 2.05) is 37.3 Å². The van der Waals surface area contributed by atoms with Gasteiger partial charge in [0.2, 0.25) is 0 Å². The number of fused-ring (bicyclic) bond motifs is 1. The maximum absolute atomic E-state index is 11.5. The van der Waals surface area contributed by atoms with Crippen LogP contribution >= 0.6 is 37.0 Å². The number of oxazole rings is 1. The molecule has 3 aromatic rings. The van der Waals surface area contributed by atoms with Crippen LogP contribution in [0.4, 0.5) is 0 Å². The third-order valence-corrected chi connectivity index (χ3v) is 8.29. The maximum atomic E-state index is 11.5. The Morgan fingerprint density at radius 3 is 2.58 bits per heavy atom. The number of aromatic nitrogens is 1. The predicted octanol–water partition coefficient (Wildman–Crippen LogP) is 3.29. The Bertz CT molecular complexity index is 1240. The first kappa shape index (κ1) is 24.9. The Hall–Kier alpha value is -1.17. The first-order valence-corrected chi connectivity index (χ1v) is 12.9. The average molecular weight is 516 g/mol. The summed E-state index contributed by atoms with van der Waals surface area (Å²) < 4.78 is 18.0. The third kappa shape index (κ3) is 5.57. The number of benzene rings is 2. The molecule has 5 nitrogen and oxygen atoms in total. The van der Waals surface area contributed by atoms with Gasteiger partial charge in [0.1, 0.15) is 5.75 Å². The summed E-state index contributed by atoms with van der Waals surface area (Å²) in [5.74, 6) is 2.25. The number of carbonyl (C=O) groups is 1. The molecule has 1 aliphatic rings. The van der Waals surface area contributed by atoms with E-state index in [-0.39, 0.29) is 16.6 Å². The summed E-state index contributed by atoms with van der Waals surface area (Å²) in [6.07, 6.45) is 1.14. The van der Waals surface area contributed by atoms with Gasteiger partial charge in [0.25, 0.3) is 0 Å². The van der Waals surface area contributed by atoms with Crippen molar-refractivity contribution in [2.24, 2.45) is 11.8 Å². The van der Waals surface area contributed by atoms with Gasteiger partial charge in [-0.2, -0.15) is 0 Å². The van der Waals surface area contributed by atoms with Crippen molar-refractivity contribution in [3.8, 4) is 23.0 Å². The summed E-state index contributed by atoms with van der Waals surface area (Å²) in [4.78, 5) is 16.3. The fourth-order valence-electron chi connectivity index (χ4n) is 3.48. The second-order valence-electron chi connectivity index (χ2n) is 8.65. The van der Waals surface area contributed by atoms with E-state index in [4.69, 9.17) is 21.4 Å². The van der Waals surface area contributed by atoms with E-state index in [0.717, 1.165) is 33.9 Å². The first-order chi connectivity index (χ1) is 15.6. The molecule has 171 valence electrons. The second kappa shape index (κ2) is 9.83. The number of carbonyl (C=O) groups excluding carboxylic acids is 1. The summed E-state index contributed by atoms with van der Waals surface area (Å²) in [5.41, 5.74) is 2.55. The van der Waals surface area contributed by atoms with Gasteiger partial charge in [-0.05, 0) is 6.42 Å². The average Bonchev–Trinajstić information content (AvgIpc) is 3.17. The molecule has 1 aromatic heterocycles. The van der Waals surface area contributed by atoms with E-state index < -0.39 is 0 Å². The fourth-order valence-corrected chi connectivity index (χ4v) is 4.99. The number of Topliss-reactive ketones (excluding diaryl/α,β-unsaturated/α-hetero) is 1. The van der Waals surface area contributed by atoms with Crippen molar-refractivity contribution in [1.29, 1.82) is 0 Å². The van der Waals surface area contributed by atoms with Gasteiger partial charge < -0.3 is 4.74 Å². The summed E-state index contributed by atoms with van der Waals surface area (Å²) in [5, 5.41) is 1.73. The zero-order valence-corrected chi connectivity index (χ0v) is 23.2. The molecule has 1 heterocycles. The number of hydrogen-bond acceptors (Lipinski definition) is 5. The van der Waals surface area contributed by atoms with E-state index in [2.05, 4.69) is 41.9 Å². The van der Waals surface area contributed by atoms with Gasteiger partial charge in [-0.25, -0.2) is 0 Å². The normalized spacial score (nSPS) is 17.5. The van der Waals surface area contributed by atoms with Gasteiger partial charge in [-0.1, -0.05) is 0 Å². The molecule has 2 aromatic carbocycles. The quantitative estimate of drug-likeness (QED) is 0.323. The van der Waals surface area contributed by atoms with Crippen molar-refractivity contribution >= 4 is 77.4 Å². The Morgan fingerprint density at radius 1 is 1.24 bits per heavy atom. The Morgan fingerprint density at radius 2 is 1.94 bits per heavy atom. The van der Waals surface area contributed by atoms with Crippen LogP contribution < -0.4 is 20.1 Å². The molecular weight excluding hydrogens is 489 g/mol. The molecule has 0 saturated heterocycles. The number of hydrogen-bond donors (Lipinski definition) is 0. The second-order valence-corrected chi connectivity index (χ2v) is 12.7. The van der Waals surface area contributed by atoms with Gasteiger partial charge in [0.05, 0.1) is 6.61 Å². The number of ether oxygens (including phenoxy) is 2. The van der Waals surface area contributed by atoms with Gasteiger partial charge in [0, 0.05) is 10.8 Å². The number of rotatable bonds is 9. The monoisotopic (exact) mass is 516 g/mol. The molecule has 1 radical (unpaired) electrons. The number of nitrogens with zero attached hydrogens (tertiary/aromatic N) is 1. The van der Waals surface area contributed by atoms with Gasteiger partial charge in [-0.3, -0.25) is 0 Å².